The van der Waals surface area contributed by atoms with Crippen molar-refractivity contribution in [3.63, 3.8) is 0 Å². The zero-order valence-electron chi connectivity index (χ0n) is 16.4. The van der Waals surface area contributed by atoms with Gasteiger partial charge in [-0.15, -0.1) is 0 Å². The maximum Gasteiger partial charge on any atom is 0.267 e. The predicted octanol–water partition coefficient (Wildman–Crippen LogP) is 1.78. The van der Waals surface area contributed by atoms with Gasteiger partial charge in [0.25, 0.3) is 5.56 Å². The highest BCUT2D eigenvalue weighted by Gasteiger charge is 2.29. The number of aromatic nitrogens is 6. The third-order valence-electron chi connectivity index (χ3n) is 5.99. The lowest BCUT2D eigenvalue weighted by atomic mass is 9.97. The summed E-state index contributed by atoms with van der Waals surface area (Å²) in [4.78, 5) is 24.2. The fourth-order valence-electron chi connectivity index (χ4n) is 4.57. The fourth-order valence-corrected chi connectivity index (χ4v) is 4.57. The first-order chi connectivity index (χ1) is 13.6. The average Bonchev–Trinajstić information content (AvgIpc) is 3.29. The van der Waals surface area contributed by atoms with Gasteiger partial charge in [-0.05, 0) is 51.0 Å². The van der Waals surface area contributed by atoms with Gasteiger partial charge in [0.05, 0.1) is 29.9 Å². The molecule has 0 radical (unpaired) electrons. The third-order valence-corrected chi connectivity index (χ3v) is 5.99. The molecule has 8 nitrogen and oxygen atoms in total. The van der Waals surface area contributed by atoms with Crippen molar-refractivity contribution in [2.24, 2.45) is 7.05 Å². The van der Waals surface area contributed by atoms with Gasteiger partial charge in [-0.2, -0.15) is 10.2 Å². The van der Waals surface area contributed by atoms with Crippen LogP contribution >= 0.6 is 0 Å². The number of hydrogen-bond acceptors (Lipinski definition) is 6. The molecule has 0 spiro atoms. The molecule has 1 atom stereocenters. The number of hydrogen-bond donors (Lipinski definition) is 0. The minimum atomic E-state index is 0.0119. The molecule has 4 heterocycles. The molecule has 1 fully saturated rings. The lowest BCUT2D eigenvalue weighted by molar-refractivity contribution is 0.472. The summed E-state index contributed by atoms with van der Waals surface area (Å²) in [5.41, 5.74) is 3.09. The van der Waals surface area contributed by atoms with Crippen LogP contribution in [-0.2, 0) is 26.4 Å². The molecular formula is C20H25N7O. The van der Waals surface area contributed by atoms with Crippen LogP contribution in [0.5, 0.6) is 0 Å². The van der Waals surface area contributed by atoms with Crippen molar-refractivity contribution in [3.05, 3.63) is 39.7 Å². The van der Waals surface area contributed by atoms with Crippen molar-refractivity contribution in [3.8, 4) is 0 Å². The molecule has 0 amide bonds. The van der Waals surface area contributed by atoms with Crippen molar-refractivity contribution in [1.82, 2.24) is 29.5 Å². The first-order valence-electron chi connectivity index (χ1n) is 10.1. The first kappa shape index (κ1) is 17.3. The Morgan fingerprint density at radius 3 is 2.93 bits per heavy atom. The van der Waals surface area contributed by atoms with E-state index in [0.717, 1.165) is 79.0 Å². The minimum absolute atomic E-state index is 0.0119. The summed E-state index contributed by atoms with van der Waals surface area (Å²) in [7, 11) is 1.90. The van der Waals surface area contributed by atoms with E-state index in [1.165, 1.54) is 0 Å². The summed E-state index contributed by atoms with van der Waals surface area (Å²) in [6, 6.07) is 2.00. The van der Waals surface area contributed by atoms with Crippen LogP contribution in [0, 0.1) is 6.92 Å². The maximum atomic E-state index is 12.6. The van der Waals surface area contributed by atoms with Crippen molar-refractivity contribution >= 4 is 16.9 Å². The Morgan fingerprint density at radius 1 is 1.18 bits per heavy atom. The van der Waals surface area contributed by atoms with Gasteiger partial charge in [-0.25, -0.2) is 14.6 Å². The molecule has 1 unspecified atom stereocenters. The van der Waals surface area contributed by atoms with E-state index in [4.69, 9.17) is 10.1 Å². The Balaban J connectivity index is 1.50. The molecule has 3 aromatic heterocycles. The highest BCUT2D eigenvalue weighted by Crippen LogP contribution is 2.30. The Morgan fingerprint density at radius 2 is 2.04 bits per heavy atom. The second-order valence-electron chi connectivity index (χ2n) is 7.93. The van der Waals surface area contributed by atoms with Crippen LogP contribution in [0.4, 0.5) is 5.82 Å². The monoisotopic (exact) mass is 379 g/mol. The number of anilines is 1. The van der Waals surface area contributed by atoms with Gasteiger partial charge in [0.2, 0.25) is 0 Å². The zero-order chi connectivity index (χ0) is 19.3. The molecule has 28 heavy (non-hydrogen) atoms. The molecule has 3 aromatic rings. The third kappa shape index (κ3) is 2.87. The molecule has 0 N–H and O–H groups in total. The van der Waals surface area contributed by atoms with Crippen molar-refractivity contribution < 1.29 is 0 Å². The number of fused-ring (bicyclic) bond motifs is 2. The van der Waals surface area contributed by atoms with Gasteiger partial charge in [0.1, 0.15) is 11.6 Å². The average molecular weight is 379 g/mol. The smallest absolute Gasteiger partial charge is 0.267 e. The second kappa shape index (κ2) is 6.68. The molecule has 0 aromatic carbocycles. The Hall–Kier alpha value is -2.77. The quantitative estimate of drug-likeness (QED) is 0.690. The van der Waals surface area contributed by atoms with E-state index in [-0.39, 0.29) is 11.6 Å². The van der Waals surface area contributed by atoms with E-state index in [1.807, 2.05) is 20.2 Å². The largest absolute Gasteiger partial charge is 0.351 e. The first-order valence-corrected chi connectivity index (χ1v) is 10.1. The van der Waals surface area contributed by atoms with E-state index in [2.05, 4.69) is 15.0 Å². The normalized spacial score (nSPS) is 19.4. The standard InChI is InChI=1S/C20H25N7O/c1-13-22-19-16(11-21-25(19)2)20(23-13)26-9-5-7-15(26)12-27-18(28)10-14-6-3-4-8-17(14)24-27/h10-11,15H,3-9,12H2,1-2H3. The van der Waals surface area contributed by atoms with E-state index in [9.17, 15) is 4.79 Å². The maximum absolute atomic E-state index is 12.6. The summed E-state index contributed by atoms with van der Waals surface area (Å²) >= 11 is 0. The van der Waals surface area contributed by atoms with E-state index < -0.39 is 0 Å². The zero-order valence-corrected chi connectivity index (χ0v) is 16.4. The topological polar surface area (TPSA) is 81.7 Å². The van der Waals surface area contributed by atoms with E-state index in [1.54, 1.807) is 15.4 Å². The van der Waals surface area contributed by atoms with Gasteiger partial charge in [-0.1, -0.05) is 0 Å². The summed E-state index contributed by atoms with van der Waals surface area (Å²) in [6.07, 6.45) is 8.21. The van der Waals surface area contributed by atoms with Crippen LogP contribution in [-0.4, -0.2) is 42.1 Å². The molecule has 2 aliphatic rings. The Kier molecular flexibility index (Phi) is 4.14. The number of aryl methyl sites for hydroxylation is 4. The fraction of sp³-hybridized carbons (Fsp3) is 0.550. The molecule has 8 heteroatoms. The molecule has 1 saturated heterocycles. The molecule has 146 valence electrons. The predicted molar refractivity (Wildman–Crippen MR) is 107 cm³/mol. The lowest BCUT2D eigenvalue weighted by Gasteiger charge is -2.27. The van der Waals surface area contributed by atoms with Crippen molar-refractivity contribution in [1.29, 1.82) is 0 Å². The molecule has 0 saturated carbocycles. The van der Waals surface area contributed by atoms with Gasteiger partial charge < -0.3 is 4.90 Å². The summed E-state index contributed by atoms with van der Waals surface area (Å²) < 4.78 is 3.45. The summed E-state index contributed by atoms with van der Waals surface area (Å²) in [5.74, 6) is 1.66. The van der Waals surface area contributed by atoms with Gasteiger partial charge in [-0.3, -0.25) is 9.48 Å². The van der Waals surface area contributed by atoms with Crippen LogP contribution < -0.4 is 10.5 Å². The van der Waals surface area contributed by atoms with Crippen LogP contribution in [0.15, 0.2) is 17.1 Å². The highest BCUT2D eigenvalue weighted by atomic mass is 16.1. The van der Waals surface area contributed by atoms with Crippen molar-refractivity contribution in [2.75, 3.05) is 11.4 Å². The van der Waals surface area contributed by atoms with E-state index >= 15 is 0 Å². The lowest BCUT2D eigenvalue weighted by Crippen LogP contribution is -2.38. The summed E-state index contributed by atoms with van der Waals surface area (Å²) in [6.45, 7) is 3.43. The Labute approximate surface area is 163 Å². The van der Waals surface area contributed by atoms with Crippen LogP contribution in [0.25, 0.3) is 11.0 Å². The van der Waals surface area contributed by atoms with Gasteiger partial charge >= 0.3 is 0 Å². The minimum Gasteiger partial charge on any atom is -0.351 e. The molecule has 1 aliphatic carbocycles. The van der Waals surface area contributed by atoms with E-state index in [0.29, 0.717) is 6.54 Å². The van der Waals surface area contributed by atoms with Gasteiger partial charge in [0.15, 0.2) is 5.65 Å². The number of nitrogens with zero attached hydrogens (tertiary/aromatic N) is 7. The number of rotatable bonds is 3. The SMILES string of the molecule is Cc1nc(N2CCCC2Cn2nc3c(cc2=O)CCCC3)c2cnn(C)c2n1. The van der Waals surface area contributed by atoms with Crippen LogP contribution in [0.2, 0.25) is 0 Å². The highest BCUT2D eigenvalue weighted by molar-refractivity contribution is 5.87. The van der Waals surface area contributed by atoms with Gasteiger partial charge in [0, 0.05) is 19.7 Å². The van der Waals surface area contributed by atoms with Crippen LogP contribution in [0.3, 0.4) is 0 Å². The second-order valence-corrected chi connectivity index (χ2v) is 7.93. The molecule has 5 rings (SSSR count). The Bertz CT molecular complexity index is 1100. The molecular weight excluding hydrogens is 354 g/mol. The molecule has 1 aliphatic heterocycles. The molecule has 0 bridgehead atoms. The summed E-state index contributed by atoms with van der Waals surface area (Å²) in [5, 5.41) is 10.0. The van der Waals surface area contributed by atoms with Crippen molar-refractivity contribution in [2.45, 2.75) is 58.0 Å². The van der Waals surface area contributed by atoms with Crippen LogP contribution in [0.1, 0.15) is 42.8 Å².